The first-order chi connectivity index (χ1) is 5.09. The Morgan fingerprint density at radius 3 is 2.73 bits per heavy atom. The second-order valence-electron chi connectivity index (χ2n) is 3.11. The summed E-state index contributed by atoms with van der Waals surface area (Å²) in [7, 11) is 1.89. The molecule has 0 aromatic carbocycles. The van der Waals surface area contributed by atoms with Gasteiger partial charge >= 0.3 is 0 Å². The third kappa shape index (κ3) is 1.17. The van der Waals surface area contributed by atoms with Gasteiger partial charge in [-0.1, -0.05) is 0 Å². The second-order valence-corrected chi connectivity index (χ2v) is 5.96. The molecular weight excluding hydrogens is 188 g/mol. The zero-order valence-electron chi connectivity index (χ0n) is 5.86. The van der Waals surface area contributed by atoms with Gasteiger partial charge in [0, 0.05) is 23.2 Å². The van der Waals surface area contributed by atoms with Crippen molar-refractivity contribution in [2.75, 3.05) is 6.61 Å². The van der Waals surface area contributed by atoms with E-state index in [0.29, 0.717) is 13.0 Å². The van der Waals surface area contributed by atoms with E-state index in [4.69, 9.17) is 15.4 Å². The van der Waals surface area contributed by atoms with Gasteiger partial charge in [0.25, 0.3) is 0 Å². The van der Waals surface area contributed by atoms with Gasteiger partial charge < -0.3 is 4.74 Å². The molecule has 2 aliphatic rings. The molecule has 1 aliphatic carbocycles. The minimum absolute atomic E-state index is 0.175. The van der Waals surface area contributed by atoms with Crippen LogP contribution in [0.15, 0.2) is 0 Å². The normalized spacial score (nSPS) is 43.2. The number of hydrogen-bond acceptors (Lipinski definition) is 3. The molecule has 11 heavy (non-hydrogen) atoms. The van der Waals surface area contributed by atoms with Crippen LogP contribution in [-0.2, 0) is 13.8 Å². The monoisotopic (exact) mass is 196 g/mol. The summed E-state index contributed by atoms with van der Waals surface area (Å²) < 4.78 is 27.0. The van der Waals surface area contributed by atoms with Crippen molar-refractivity contribution in [3.8, 4) is 0 Å². The molecular formula is C6H9ClO3S. The first-order valence-electron chi connectivity index (χ1n) is 3.64. The van der Waals surface area contributed by atoms with Crippen molar-refractivity contribution in [1.29, 1.82) is 0 Å². The zero-order chi connectivity index (χ0) is 8.06. The lowest BCUT2D eigenvalue weighted by atomic mass is 9.81. The Morgan fingerprint density at radius 2 is 2.18 bits per heavy atom. The molecule has 2 rings (SSSR count). The maximum Gasteiger partial charge on any atom is 0.235 e. The zero-order valence-corrected chi connectivity index (χ0v) is 7.44. The summed E-state index contributed by atoms with van der Waals surface area (Å²) in [6.45, 7) is 0.693. The minimum Gasteiger partial charge on any atom is -0.378 e. The molecule has 0 amide bonds. The first kappa shape index (κ1) is 7.83. The molecule has 1 heterocycles. The topological polar surface area (TPSA) is 43.4 Å². The molecule has 1 unspecified atom stereocenters. The van der Waals surface area contributed by atoms with Crippen molar-refractivity contribution in [1.82, 2.24) is 0 Å². The van der Waals surface area contributed by atoms with Gasteiger partial charge in [0.1, 0.15) is 0 Å². The SMILES string of the molecule is O=S(=O)(Cl)C1C[C@@H]2OCC[C@H]12. The number of hydrogen-bond donors (Lipinski definition) is 0. The van der Waals surface area contributed by atoms with Crippen molar-refractivity contribution in [3.05, 3.63) is 0 Å². The first-order valence-corrected chi connectivity index (χ1v) is 6.01. The Morgan fingerprint density at radius 1 is 1.45 bits per heavy atom. The van der Waals surface area contributed by atoms with Crippen LogP contribution < -0.4 is 0 Å². The molecule has 1 aliphatic heterocycles. The third-order valence-corrected chi connectivity index (χ3v) is 4.52. The summed E-state index contributed by atoms with van der Waals surface area (Å²) in [6.07, 6.45) is 1.62. The summed E-state index contributed by atoms with van der Waals surface area (Å²) in [6, 6.07) is 0. The Kier molecular flexibility index (Phi) is 1.67. The summed E-state index contributed by atoms with van der Waals surface area (Å²) in [5, 5.41) is -0.336. The molecule has 0 bridgehead atoms. The molecule has 1 saturated carbocycles. The maximum absolute atomic E-state index is 10.9. The van der Waals surface area contributed by atoms with E-state index in [2.05, 4.69) is 0 Å². The molecule has 2 fully saturated rings. The fraction of sp³-hybridized carbons (Fsp3) is 1.00. The molecule has 0 aromatic heterocycles. The Labute approximate surface area is 70.1 Å². The van der Waals surface area contributed by atoms with Crippen LogP contribution in [0.4, 0.5) is 0 Å². The third-order valence-electron chi connectivity index (χ3n) is 2.56. The van der Waals surface area contributed by atoms with Crippen LogP contribution in [0.3, 0.4) is 0 Å². The van der Waals surface area contributed by atoms with Crippen molar-refractivity contribution in [2.45, 2.75) is 24.2 Å². The van der Waals surface area contributed by atoms with Crippen molar-refractivity contribution >= 4 is 19.7 Å². The van der Waals surface area contributed by atoms with E-state index in [9.17, 15) is 8.42 Å². The van der Waals surface area contributed by atoms with E-state index in [-0.39, 0.29) is 17.3 Å². The Hall–Kier alpha value is 0.200. The number of fused-ring (bicyclic) bond motifs is 1. The number of rotatable bonds is 1. The van der Waals surface area contributed by atoms with Crippen molar-refractivity contribution < 1.29 is 13.2 Å². The van der Waals surface area contributed by atoms with Crippen LogP contribution in [0, 0.1) is 5.92 Å². The molecule has 0 radical (unpaired) electrons. The van der Waals surface area contributed by atoms with Gasteiger partial charge in [0.15, 0.2) is 0 Å². The highest BCUT2D eigenvalue weighted by Gasteiger charge is 2.50. The van der Waals surface area contributed by atoms with E-state index in [1.807, 2.05) is 0 Å². The van der Waals surface area contributed by atoms with Gasteiger partial charge in [0.2, 0.25) is 9.05 Å². The predicted molar refractivity (Wildman–Crippen MR) is 41.0 cm³/mol. The second kappa shape index (κ2) is 2.34. The Balaban J connectivity index is 2.12. The average Bonchev–Trinajstić information content (AvgIpc) is 2.08. The quantitative estimate of drug-likeness (QED) is 0.581. The van der Waals surface area contributed by atoms with Crippen molar-refractivity contribution in [3.63, 3.8) is 0 Å². The van der Waals surface area contributed by atoms with Gasteiger partial charge in [-0.3, -0.25) is 0 Å². The van der Waals surface area contributed by atoms with Gasteiger partial charge in [-0.05, 0) is 12.8 Å². The van der Waals surface area contributed by atoms with Crippen molar-refractivity contribution in [2.24, 2.45) is 5.92 Å². The lowest BCUT2D eigenvalue weighted by Crippen LogP contribution is -2.45. The molecule has 0 spiro atoms. The van der Waals surface area contributed by atoms with Crippen LogP contribution in [0.1, 0.15) is 12.8 Å². The van der Waals surface area contributed by atoms with Crippen LogP contribution in [-0.4, -0.2) is 26.4 Å². The summed E-state index contributed by atoms with van der Waals surface area (Å²) in [4.78, 5) is 0. The molecule has 64 valence electrons. The van der Waals surface area contributed by atoms with E-state index in [0.717, 1.165) is 6.42 Å². The number of ether oxygens (including phenoxy) is 1. The molecule has 0 N–H and O–H groups in total. The smallest absolute Gasteiger partial charge is 0.235 e. The van der Waals surface area contributed by atoms with Crippen LogP contribution in [0.5, 0.6) is 0 Å². The highest BCUT2D eigenvalue weighted by atomic mass is 35.7. The fourth-order valence-electron chi connectivity index (χ4n) is 1.86. The van der Waals surface area contributed by atoms with E-state index in [1.165, 1.54) is 0 Å². The van der Waals surface area contributed by atoms with E-state index in [1.54, 1.807) is 0 Å². The standard InChI is InChI=1S/C6H9ClO3S/c7-11(8,9)6-3-5-4(6)1-2-10-5/h4-6H,1-3H2/t4-,5-,6?/m0/s1. The van der Waals surface area contributed by atoms with Crippen LogP contribution >= 0.6 is 10.7 Å². The van der Waals surface area contributed by atoms with E-state index < -0.39 is 9.05 Å². The average molecular weight is 197 g/mol. The maximum atomic E-state index is 10.9. The van der Waals surface area contributed by atoms with Gasteiger partial charge in [-0.15, -0.1) is 0 Å². The summed E-state index contributed by atoms with van der Waals surface area (Å²) in [5.74, 6) is 0.178. The predicted octanol–water partition coefficient (Wildman–Crippen LogP) is 0.732. The molecule has 0 aromatic rings. The Bertz CT molecular complexity index is 261. The van der Waals surface area contributed by atoms with E-state index >= 15 is 0 Å². The lowest BCUT2D eigenvalue weighted by Gasteiger charge is -2.36. The molecule has 1 saturated heterocycles. The molecule has 3 atom stereocenters. The lowest BCUT2D eigenvalue weighted by molar-refractivity contribution is 0.0373. The summed E-state index contributed by atoms with van der Waals surface area (Å²) in [5.41, 5.74) is 0. The number of halogens is 1. The minimum atomic E-state index is -3.33. The highest BCUT2D eigenvalue weighted by Crippen LogP contribution is 2.43. The van der Waals surface area contributed by atoms with Gasteiger partial charge in [-0.25, -0.2) is 8.42 Å². The summed E-state index contributed by atoms with van der Waals surface area (Å²) >= 11 is 0. The fourth-order valence-corrected chi connectivity index (χ4v) is 3.63. The van der Waals surface area contributed by atoms with Gasteiger partial charge in [0.05, 0.1) is 11.4 Å². The van der Waals surface area contributed by atoms with Crippen LogP contribution in [0.25, 0.3) is 0 Å². The van der Waals surface area contributed by atoms with Crippen LogP contribution in [0.2, 0.25) is 0 Å². The highest BCUT2D eigenvalue weighted by molar-refractivity contribution is 8.14. The molecule has 5 heteroatoms. The van der Waals surface area contributed by atoms with Gasteiger partial charge in [-0.2, -0.15) is 0 Å². The largest absolute Gasteiger partial charge is 0.378 e. The molecule has 3 nitrogen and oxygen atoms in total.